The van der Waals surface area contributed by atoms with E-state index in [0.717, 1.165) is 39.0 Å². The Kier molecular flexibility index (Phi) is 6.07. The molecule has 0 radical (unpaired) electrons. The highest BCUT2D eigenvalue weighted by Crippen LogP contribution is 2.29. The molecule has 1 aromatic carbocycles. The van der Waals surface area contributed by atoms with Crippen molar-refractivity contribution in [3.05, 3.63) is 23.8 Å². The fraction of sp³-hybridized carbons (Fsp3) is 0.588. The zero-order valence-corrected chi connectivity index (χ0v) is 13.6. The van der Waals surface area contributed by atoms with Crippen LogP contribution < -0.4 is 9.47 Å². The van der Waals surface area contributed by atoms with Gasteiger partial charge in [-0.2, -0.15) is 0 Å². The summed E-state index contributed by atoms with van der Waals surface area (Å²) in [6.07, 6.45) is 3.17. The minimum absolute atomic E-state index is 0.0682. The Hall–Kier alpha value is -1.75. The number of benzene rings is 1. The zero-order valence-electron chi connectivity index (χ0n) is 13.6. The van der Waals surface area contributed by atoms with Gasteiger partial charge in [-0.3, -0.25) is 4.79 Å². The number of rotatable bonds is 6. The van der Waals surface area contributed by atoms with Crippen LogP contribution in [0.3, 0.4) is 0 Å². The first-order valence-corrected chi connectivity index (χ1v) is 7.71. The maximum atomic E-state index is 12.7. The molecule has 5 nitrogen and oxygen atoms in total. The summed E-state index contributed by atoms with van der Waals surface area (Å²) in [6.45, 7) is 2.40. The number of methoxy groups -OCH3 is 2. The van der Waals surface area contributed by atoms with E-state index in [4.69, 9.17) is 14.2 Å². The summed E-state index contributed by atoms with van der Waals surface area (Å²) in [5, 5.41) is 0. The van der Waals surface area contributed by atoms with Crippen LogP contribution in [0.1, 0.15) is 29.6 Å². The maximum Gasteiger partial charge on any atom is 0.261 e. The molecule has 1 amide bonds. The molecule has 0 aliphatic carbocycles. The van der Waals surface area contributed by atoms with Crippen molar-refractivity contribution in [2.24, 2.45) is 5.92 Å². The van der Waals surface area contributed by atoms with Crippen molar-refractivity contribution >= 4 is 5.91 Å². The SMILES string of the molecule is COc1cccc(OC)c1C(=O)N(C)CCC1CCOCC1. The molecule has 0 saturated carbocycles. The molecule has 2 rings (SSSR count). The van der Waals surface area contributed by atoms with Crippen molar-refractivity contribution in [1.29, 1.82) is 0 Å². The molecule has 1 fully saturated rings. The molecule has 0 spiro atoms. The summed E-state index contributed by atoms with van der Waals surface area (Å²) >= 11 is 0. The average Bonchev–Trinajstić information content (AvgIpc) is 2.59. The van der Waals surface area contributed by atoms with Crippen LogP contribution in [0.5, 0.6) is 11.5 Å². The maximum absolute atomic E-state index is 12.7. The lowest BCUT2D eigenvalue weighted by molar-refractivity contribution is 0.0582. The molecule has 1 saturated heterocycles. The second-order valence-corrected chi connectivity index (χ2v) is 5.61. The third-order valence-electron chi connectivity index (χ3n) is 4.20. The molecule has 5 heteroatoms. The third kappa shape index (κ3) is 3.91. The fourth-order valence-electron chi connectivity index (χ4n) is 2.77. The zero-order chi connectivity index (χ0) is 15.9. The van der Waals surface area contributed by atoms with Gasteiger partial charge in [0.25, 0.3) is 5.91 Å². The van der Waals surface area contributed by atoms with E-state index >= 15 is 0 Å². The number of ether oxygens (including phenoxy) is 3. The molecule has 0 bridgehead atoms. The van der Waals surface area contributed by atoms with Crippen LogP contribution >= 0.6 is 0 Å². The van der Waals surface area contributed by atoms with Crippen LogP contribution in [0.2, 0.25) is 0 Å². The largest absolute Gasteiger partial charge is 0.496 e. The van der Waals surface area contributed by atoms with Crippen molar-refractivity contribution in [2.75, 3.05) is 41.0 Å². The molecule has 1 aromatic rings. The van der Waals surface area contributed by atoms with Gasteiger partial charge in [-0.1, -0.05) is 6.07 Å². The summed E-state index contributed by atoms with van der Waals surface area (Å²) in [6, 6.07) is 5.38. The molecule has 1 aliphatic heterocycles. The van der Waals surface area contributed by atoms with Crippen molar-refractivity contribution in [3.63, 3.8) is 0 Å². The van der Waals surface area contributed by atoms with E-state index in [2.05, 4.69) is 0 Å². The summed E-state index contributed by atoms with van der Waals surface area (Å²) in [4.78, 5) is 14.5. The second kappa shape index (κ2) is 8.03. The quantitative estimate of drug-likeness (QED) is 0.810. The van der Waals surface area contributed by atoms with Gasteiger partial charge in [0, 0.05) is 26.8 Å². The number of nitrogens with zero attached hydrogens (tertiary/aromatic N) is 1. The van der Waals surface area contributed by atoms with Crippen LogP contribution in [-0.4, -0.2) is 51.8 Å². The molecule has 0 N–H and O–H groups in total. The van der Waals surface area contributed by atoms with E-state index in [1.165, 1.54) is 0 Å². The predicted octanol–water partition coefficient (Wildman–Crippen LogP) is 2.59. The number of carbonyl (C=O) groups excluding carboxylic acids is 1. The summed E-state index contributed by atoms with van der Waals surface area (Å²) in [7, 11) is 4.95. The predicted molar refractivity (Wildman–Crippen MR) is 84.7 cm³/mol. The second-order valence-electron chi connectivity index (χ2n) is 5.61. The van der Waals surface area contributed by atoms with Crippen LogP contribution in [0.15, 0.2) is 18.2 Å². The molecule has 1 heterocycles. The van der Waals surface area contributed by atoms with Crippen LogP contribution in [0.4, 0.5) is 0 Å². The Morgan fingerprint density at radius 2 is 1.82 bits per heavy atom. The minimum atomic E-state index is -0.0682. The van der Waals surface area contributed by atoms with Gasteiger partial charge < -0.3 is 19.1 Å². The number of amides is 1. The van der Waals surface area contributed by atoms with Crippen LogP contribution in [0.25, 0.3) is 0 Å². The van der Waals surface area contributed by atoms with Crippen LogP contribution in [-0.2, 0) is 4.74 Å². The van der Waals surface area contributed by atoms with E-state index in [9.17, 15) is 4.79 Å². The first kappa shape index (κ1) is 16.6. The molecule has 1 aliphatic rings. The Bertz CT molecular complexity index is 475. The average molecular weight is 307 g/mol. The lowest BCUT2D eigenvalue weighted by atomic mass is 9.96. The van der Waals surface area contributed by atoms with E-state index in [0.29, 0.717) is 23.0 Å². The van der Waals surface area contributed by atoms with Gasteiger partial charge in [0.2, 0.25) is 0 Å². The smallest absolute Gasteiger partial charge is 0.261 e. The number of hydrogen-bond donors (Lipinski definition) is 0. The molecular weight excluding hydrogens is 282 g/mol. The molecule has 122 valence electrons. The molecule has 0 unspecified atom stereocenters. The Labute approximate surface area is 132 Å². The van der Waals surface area contributed by atoms with Crippen molar-refractivity contribution in [3.8, 4) is 11.5 Å². The highest BCUT2D eigenvalue weighted by molar-refractivity contribution is 5.99. The Balaban J connectivity index is 2.03. The lowest BCUT2D eigenvalue weighted by Gasteiger charge is -2.25. The molecular formula is C17H25NO4. The van der Waals surface area contributed by atoms with Crippen molar-refractivity contribution < 1.29 is 19.0 Å². The van der Waals surface area contributed by atoms with E-state index in [1.807, 2.05) is 13.1 Å². The lowest BCUT2D eigenvalue weighted by Crippen LogP contribution is -2.30. The number of hydrogen-bond acceptors (Lipinski definition) is 4. The summed E-state index contributed by atoms with van der Waals surface area (Å²) in [5.41, 5.74) is 0.488. The first-order chi connectivity index (χ1) is 10.7. The van der Waals surface area contributed by atoms with Crippen molar-refractivity contribution in [1.82, 2.24) is 4.90 Å². The fourth-order valence-corrected chi connectivity index (χ4v) is 2.77. The normalized spacial score (nSPS) is 15.4. The van der Waals surface area contributed by atoms with Crippen molar-refractivity contribution in [2.45, 2.75) is 19.3 Å². The standard InChI is InChI=1S/C17H25NO4/c1-18(10-7-13-8-11-22-12-9-13)17(19)16-14(20-2)5-4-6-15(16)21-3/h4-6,13H,7-12H2,1-3H3. The van der Waals surface area contributed by atoms with Gasteiger partial charge in [-0.25, -0.2) is 0 Å². The van der Waals surface area contributed by atoms with Gasteiger partial charge in [0.15, 0.2) is 0 Å². The first-order valence-electron chi connectivity index (χ1n) is 7.71. The molecule has 0 aromatic heterocycles. The van der Waals surface area contributed by atoms with Gasteiger partial charge in [-0.05, 0) is 37.3 Å². The highest BCUT2D eigenvalue weighted by Gasteiger charge is 2.22. The van der Waals surface area contributed by atoms with Gasteiger partial charge in [0.05, 0.1) is 14.2 Å². The van der Waals surface area contributed by atoms with E-state index in [1.54, 1.807) is 31.3 Å². The highest BCUT2D eigenvalue weighted by atomic mass is 16.5. The molecule has 0 atom stereocenters. The monoisotopic (exact) mass is 307 g/mol. The van der Waals surface area contributed by atoms with Gasteiger partial charge >= 0.3 is 0 Å². The Morgan fingerprint density at radius 1 is 1.23 bits per heavy atom. The summed E-state index contributed by atoms with van der Waals surface area (Å²) < 4.78 is 16.0. The van der Waals surface area contributed by atoms with Crippen LogP contribution in [0, 0.1) is 5.92 Å². The third-order valence-corrected chi connectivity index (χ3v) is 4.20. The molecule has 22 heavy (non-hydrogen) atoms. The Morgan fingerprint density at radius 3 is 2.36 bits per heavy atom. The van der Waals surface area contributed by atoms with E-state index in [-0.39, 0.29) is 5.91 Å². The van der Waals surface area contributed by atoms with Gasteiger partial charge in [0.1, 0.15) is 17.1 Å². The topological polar surface area (TPSA) is 48.0 Å². The summed E-state index contributed by atoms with van der Waals surface area (Å²) in [5.74, 6) is 1.66. The minimum Gasteiger partial charge on any atom is -0.496 e. The van der Waals surface area contributed by atoms with E-state index < -0.39 is 0 Å². The van der Waals surface area contributed by atoms with Gasteiger partial charge in [-0.15, -0.1) is 0 Å². The number of carbonyl (C=O) groups is 1.